The highest BCUT2D eigenvalue weighted by Crippen LogP contribution is 2.33. The highest BCUT2D eigenvalue weighted by Gasteiger charge is 2.34. The van der Waals surface area contributed by atoms with Gasteiger partial charge in [0, 0.05) is 26.2 Å². The van der Waals surface area contributed by atoms with Gasteiger partial charge in [0.05, 0.1) is 6.10 Å². The van der Waals surface area contributed by atoms with Crippen LogP contribution in [0.2, 0.25) is 0 Å². The molecule has 3 nitrogen and oxygen atoms in total. The number of ether oxygens (including phenoxy) is 1. The molecule has 3 heteroatoms. The molecule has 2 fully saturated rings. The fraction of sp³-hybridized carbons (Fsp3) is 1.00. The van der Waals surface area contributed by atoms with Crippen LogP contribution in [0.4, 0.5) is 0 Å². The number of methoxy groups -OCH3 is 1. The molecule has 18 heavy (non-hydrogen) atoms. The van der Waals surface area contributed by atoms with Gasteiger partial charge in [-0.15, -0.1) is 0 Å². The zero-order chi connectivity index (χ0) is 13.0. The van der Waals surface area contributed by atoms with Gasteiger partial charge < -0.3 is 10.1 Å². The minimum Gasteiger partial charge on any atom is -0.380 e. The van der Waals surface area contributed by atoms with Crippen LogP contribution in [0.5, 0.6) is 0 Å². The fourth-order valence-corrected chi connectivity index (χ4v) is 3.06. The van der Waals surface area contributed by atoms with Gasteiger partial charge in [-0.2, -0.15) is 0 Å². The van der Waals surface area contributed by atoms with Gasteiger partial charge in [-0.3, -0.25) is 4.90 Å². The van der Waals surface area contributed by atoms with Crippen molar-refractivity contribution in [2.75, 3.05) is 33.3 Å². The molecule has 3 unspecified atom stereocenters. The monoisotopic (exact) mass is 254 g/mol. The van der Waals surface area contributed by atoms with Crippen molar-refractivity contribution >= 4 is 0 Å². The van der Waals surface area contributed by atoms with Gasteiger partial charge in [0.15, 0.2) is 0 Å². The lowest BCUT2D eigenvalue weighted by molar-refractivity contribution is -0.00805. The Morgan fingerprint density at radius 3 is 2.72 bits per heavy atom. The van der Waals surface area contributed by atoms with Crippen molar-refractivity contribution in [2.24, 2.45) is 11.8 Å². The average Bonchev–Trinajstić information content (AvgIpc) is 3.20. The largest absolute Gasteiger partial charge is 0.380 e. The molecule has 0 aromatic carbocycles. The number of likely N-dealkylation sites (tertiary alicyclic amines) is 1. The Kier molecular flexibility index (Phi) is 5.46. The molecule has 1 N–H and O–H groups in total. The third kappa shape index (κ3) is 3.94. The second-order valence-electron chi connectivity index (χ2n) is 6.20. The van der Waals surface area contributed by atoms with Crippen LogP contribution >= 0.6 is 0 Å². The smallest absolute Gasteiger partial charge is 0.0724 e. The zero-order valence-electron chi connectivity index (χ0n) is 12.3. The molecule has 2 rings (SSSR count). The predicted octanol–water partition coefficient (Wildman–Crippen LogP) is 2.12. The number of hydrogen-bond acceptors (Lipinski definition) is 3. The molecule has 3 atom stereocenters. The summed E-state index contributed by atoms with van der Waals surface area (Å²) in [5.74, 6) is 1.66. The van der Waals surface area contributed by atoms with Crippen LogP contribution in [-0.2, 0) is 4.74 Å². The predicted molar refractivity (Wildman–Crippen MR) is 75.8 cm³/mol. The second kappa shape index (κ2) is 6.88. The molecule has 1 aliphatic carbocycles. The summed E-state index contributed by atoms with van der Waals surface area (Å²) in [6.07, 6.45) is 5.81. The van der Waals surface area contributed by atoms with Crippen LogP contribution in [0.3, 0.4) is 0 Å². The van der Waals surface area contributed by atoms with Gasteiger partial charge in [0.2, 0.25) is 0 Å². The van der Waals surface area contributed by atoms with Crippen molar-refractivity contribution < 1.29 is 4.74 Å². The summed E-state index contributed by atoms with van der Waals surface area (Å²) in [6, 6.07) is 0.718. The van der Waals surface area contributed by atoms with Crippen molar-refractivity contribution in [1.29, 1.82) is 0 Å². The number of nitrogens with zero attached hydrogens (tertiary/aromatic N) is 1. The summed E-state index contributed by atoms with van der Waals surface area (Å²) < 4.78 is 5.61. The molecule has 1 heterocycles. The van der Waals surface area contributed by atoms with Crippen LogP contribution < -0.4 is 5.32 Å². The summed E-state index contributed by atoms with van der Waals surface area (Å²) in [7, 11) is 1.86. The molecule has 0 spiro atoms. The molecule has 0 radical (unpaired) electrons. The Bertz CT molecular complexity index is 243. The van der Waals surface area contributed by atoms with Gasteiger partial charge in [-0.05, 0) is 50.6 Å². The van der Waals surface area contributed by atoms with E-state index in [1.807, 2.05) is 7.11 Å². The molecular weight excluding hydrogens is 224 g/mol. The highest BCUT2D eigenvalue weighted by atomic mass is 16.5. The molecule has 0 amide bonds. The van der Waals surface area contributed by atoms with Crippen molar-refractivity contribution in [3.63, 3.8) is 0 Å². The number of hydrogen-bond donors (Lipinski definition) is 1. The molecule has 2 aliphatic rings. The van der Waals surface area contributed by atoms with Crippen LogP contribution in [0.15, 0.2) is 0 Å². The van der Waals surface area contributed by atoms with Crippen molar-refractivity contribution in [2.45, 2.75) is 51.7 Å². The molecule has 106 valence electrons. The fourth-order valence-electron chi connectivity index (χ4n) is 3.06. The van der Waals surface area contributed by atoms with Crippen molar-refractivity contribution in [1.82, 2.24) is 10.2 Å². The summed E-state index contributed by atoms with van der Waals surface area (Å²) in [5, 5.41) is 3.74. The lowest BCUT2D eigenvalue weighted by Crippen LogP contribution is -2.50. The SMILES string of the molecule is CCCNC(CN1CCC(C)C(OC)C1)C1CC1. The first kappa shape index (κ1) is 14.3. The van der Waals surface area contributed by atoms with E-state index in [0.29, 0.717) is 12.0 Å². The van der Waals surface area contributed by atoms with E-state index in [2.05, 4.69) is 24.1 Å². The van der Waals surface area contributed by atoms with Gasteiger partial charge >= 0.3 is 0 Å². The summed E-state index contributed by atoms with van der Waals surface area (Å²) in [5.41, 5.74) is 0. The maximum Gasteiger partial charge on any atom is 0.0724 e. The molecule has 0 aromatic heterocycles. The van der Waals surface area contributed by atoms with E-state index in [9.17, 15) is 0 Å². The Morgan fingerprint density at radius 1 is 1.33 bits per heavy atom. The maximum atomic E-state index is 5.61. The van der Waals surface area contributed by atoms with E-state index in [0.717, 1.165) is 18.5 Å². The molecule has 1 saturated heterocycles. The van der Waals surface area contributed by atoms with Gasteiger partial charge in [0.25, 0.3) is 0 Å². The number of piperidine rings is 1. The summed E-state index contributed by atoms with van der Waals surface area (Å²) in [4.78, 5) is 2.61. The highest BCUT2D eigenvalue weighted by molar-refractivity contribution is 4.90. The third-order valence-corrected chi connectivity index (χ3v) is 4.58. The lowest BCUT2D eigenvalue weighted by Gasteiger charge is -2.38. The molecule has 0 bridgehead atoms. The first-order chi connectivity index (χ1) is 8.74. The van der Waals surface area contributed by atoms with Crippen LogP contribution in [-0.4, -0.2) is 50.3 Å². The van der Waals surface area contributed by atoms with Gasteiger partial charge in [0.1, 0.15) is 0 Å². The Balaban J connectivity index is 1.79. The minimum absolute atomic E-state index is 0.435. The summed E-state index contributed by atoms with van der Waals surface area (Å²) in [6.45, 7) is 9.32. The standard InChI is InChI=1S/C15H30N2O/c1-4-8-16-14(13-5-6-13)10-17-9-7-12(2)15(11-17)18-3/h12-16H,4-11H2,1-3H3. The Morgan fingerprint density at radius 2 is 2.11 bits per heavy atom. The molecule has 1 aliphatic heterocycles. The maximum absolute atomic E-state index is 5.61. The van der Waals surface area contributed by atoms with Crippen LogP contribution in [0.1, 0.15) is 39.5 Å². The first-order valence-corrected chi connectivity index (χ1v) is 7.73. The minimum atomic E-state index is 0.435. The normalized spacial score (nSPS) is 31.5. The summed E-state index contributed by atoms with van der Waals surface area (Å²) >= 11 is 0. The average molecular weight is 254 g/mol. The first-order valence-electron chi connectivity index (χ1n) is 7.73. The topological polar surface area (TPSA) is 24.5 Å². The lowest BCUT2D eigenvalue weighted by atomic mass is 9.95. The van der Waals surface area contributed by atoms with E-state index < -0.39 is 0 Å². The van der Waals surface area contributed by atoms with E-state index in [4.69, 9.17) is 4.74 Å². The second-order valence-corrected chi connectivity index (χ2v) is 6.20. The van der Waals surface area contributed by atoms with Gasteiger partial charge in [-0.25, -0.2) is 0 Å². The van der Waals surface area contributed by atoms with Gasteiger partial charge in [-0.1, -0.05) is 13.8 Å². The van der Waals surface area contributed by atoms with Crippen LogP contribution in [0.25, 0.3) is 0 Å². The van der Waals surface area contributed by atoms with Crippen LogP contribution in [0, 0.1) is 11.8 Å². The Hall–Kier alpha value is -0.120. The molecular formula is C15H30N2O. The zero-order valence-corrected chi connectivity index (χ0v) is 12.3. The third-order valence-electron chi connectivity index (χ3n) is 4.58. The van der Waals surface area contributed by atoms with E-state index in [-0.39, 0.29) is 0 Å². The Labute approximate surface area is 112 Å². The molecule has 1 saturated carbocycles. The van der Waals surface area contributed by atoms with E-state index in [1.54, 1.807) is 0 Å². The van der Waals surface area contributed by atoms with E-state index in [1.165, 1.54) is 45.3 Å². The van der Waals surface area contributed by atoms with Crippen molar-refractivity contribution in [3.05, 3.63) is 0 Å². The van der Waals surface area contributed by atoms with E-state index >= 15 is 0 Å². The number of nitrogens with one attached hydrogen (secondary N) is 1. The molecule has 0 aromatic rings. The quantitative estimate of drug-likeness (QED) is 0.753. The van der Waals surface area contributed by atoms with Crippen molar-refractivity contribution in [3.8, 4) is 0 Å². The number of rotatable bonds is 7.